The summed E-state index contributed by atoms with van der Waals surface area (Å²) in [6.45, 7) is 3.38. The predicted molar refractivity (Wildman–Crippen MR) is 83.5 cm³/mol. The van der Waals surface area contributed by atoms with Crippen LogP contribution in [0.25, 0.3) is 6.08 Å². The molecule has 2 aliphatic rings. The van der Waals surface area contributed by atoms with Gasteiger partial charge in [0.05, 0.1) is 12.6 Å². The number of carbonyl (C=O) groups is 1. The Morgan fingerprint density at radius 1 is 1.60 bits per heavy atom. The summed E-state index contributed by atoms with van der Waals surface area (Å²) in [6, 6.07) is 4.05. The molecule has 0 aromatic carbocycles. The van der Waals surface area contributed by atoms with Crippen molar-refractivity contribution >= 4 is 40.7 Å². The number of thiophene rings is 1. The Morgan fingerprint density at radius 3 is 3.10 bits per heavy atom. The van der Waals surface area contributed by atoms with E-state index in [4.69, 9.17) is 17.0 Å². The van der Waals surface area contributed by atoms with E-state index in [2.05, 4.69) is 5.32 Å². The third-order valence-corrected chi connectivity index (χ3v) is 4.69. The van der Waals surface area contributed by atoms with Gasteiger partial charge in [-0.25, -0.2) is 0 Å². The molecular weight excluding hydrogens is 292 g/mol. The van der Waals surface area contributed by atoms with E-state index in [1.54, 1.807) is 16.2 Å². The first-order valence-corrected chi connectivity index (χ1v) is 7.88. The molecule has 6 heteroatoms. The number of carbonyl (C=O) groups excluding carboxylic acids is 1. The molecule has 20 heavy (non-hydrogen) atoms. The Balaban J connectivity index is 1.74. The van der Waals surface area contributed by atoms with Crippen LogP contribution in [0.15, 0.2) is 17.8 Å². The van der Waals surface area contributed by atoms with E-state index in [-0.39, 0.29) is 12.0 Å². The zero-order chi connectivity index (χ0) is 14.1. The van der Waals surface area contributed by atoms with E-state index in [0.29, 0.717) is 17.4 Å². The van der Waals surface area contributed by atoms with Gasteiger partial charge in [0.1, 0.15) is 5.70 Å². The van der Waals surface area contributed by atoms with Crippen molar-refractivity contribution in [2.75, 3.05) is 13.2 Å². The molecule has 0 saturated carbocycles. The summed E-state index contributed by atoms with van der Waals surface area (Å²) in [4.78, 5) is 16.3. The zero-order valence-corrected chi connectivity index (χ0v) is 12.9. The van der Waals surface area contributed by atoms with Crippen molar-refractivity contribution in [3.05, 3.63) is 27.6 Å². The van der Waals surface area contributed by atoms with E-state index in [0.717, 1.165) is 24.3 Å². The predicted octanol–water partition coefficient (Wildman–Crippen LogP) is 2.29. The lowest BCUT2D eigenvalue weighted by Crippen LogP contribution is -2.37. The largest absolute Gasteiger partial charge is 0.376 e. The Morgan fingerprint density at radius 2 is 2.45 bits per heavy atom. The number of ether oxygens (including phenoxy) is 1. The van der Waals surface area contributed by atoms with Crippen LogP contribution in [-0.2, 0) is 9.53 Å². The second-order valence-electron chi connectivity index (χ2n) is 4.99. The van der Waals surface area contributed by atoms with E-state index >= 15 is 0 Å². The monoisotopic (exact) mass is 308 g/mol. The van der Waals surface area contributed by atoms with Crippen LogP contribution in [-0.4, -0.2) is 35.2 Å². The normalized spacial score (nSPS) is 24.8. The maximum Gasteiger partial charge on any atom is 0.276 e. The number of nitrogens with zero attached hydrogens (tertiary/aromatic N) is 1. The van der Waals surface area contributed by atoms with E-state index < -0.39 is 0 Å². The Kier molecular flexibility index (Phi) is 3.87. The number of thiocarbonyl (C=S) groups is 1. The van der Waals surface area contributed by atoms with Crippen LogP contribution in [0.3, 0.4) is 0 Å². The number of amides is 1. The van der Waals surface area contributed by atoms with Crippen LogP contribution >= 0.6 is 23.6 Å². The van der Waals surface area contributed by atoms with Gasteiger partial charge in [-0.15, -0.1) is 11.3 Å². The molecule has 0 aliphatic carbocycles. The first-order valence-electron chi connectivity index (χ1n) is 6.66. The van der Waals surface area contributed by atoms with Crippen molar-refractivity contribution in [3.8, 4) is 0 Å². The third kappa shape index (κ3) is 2.77. The van der Waals surface area contributed by atoms with Gasteiger partial charge in [-0.1, -0.05) is 0 Å². The average Bonchev–Trinajstić information content (AvgIpc) is 3.10. The maximum absolute atomic E-state index is 12.4. The van der Waals surface area contributed by atoms with Gasteiger partial charge in [-0.3, -0.25) is 9.69 Å². The highest BCUT2D eigenvalue weighted by Gasteiger charge is 2.33. The molecule has 2 aliphatic heterocycles. The molecule has 3 heterocycles. The summed E-state index contributed by atoms with van der Waals surface area (Å²) < 4.78 is 5.57. The Hall–Kier alpha value is -1.24. The molecule has 0 spiro atoms. The Labute approximate surface area is 127 Å². The minimum atomic E-state index is -0.0587. The molecule has 1 aromatic rings. The first-order chi connectivity index (χ1) is 9.63. The van der Waals surface area contributed by atoms with Gasteiger partial charge in [0.15, 0.2) is 5.11 Å². The molecule has 2 fully saturated rings. The number of rotatable bonds is 3. The van der Waals surface area contributed by atoms with Gasteiger partial charge in [-0.05, 0) is 50.2 Å². The lowest BCUT2D eigenvalue weighted by atomic mass is 10.2. The third-order valence-electron chi connectivity index (χ3n) is 3.42. The van der Waals surface area contributed by atoms with Crippen LogP contribution in [0.4, 0.5) is 0 Å². The van der Waals surface area contributed by atoms with Crippen molar-refractivity contribution in [1.29, 1.82) is 0 Å². The Bertz CT molecular complexity index is 573. The van der Waals surface area contributed by atoms with Crippen LogP contribution in [0.2, 0.25) is 0 Å². The van der Waals surface area contributed by atoms with E-state index in [9.17, 15) is 4.79 Å². The molecule has 3 rings (SSSR count). The van der Waals surface area contributed by atoms with Gasteiger partial charge in [0, 0.05) is 16.4 Å². The molecule has 0 bridgehead atoms. The van der Waals surface area contributed by atoms with Crippen molar-refractivity contribution in [2.24, 2.45) is 0 Å². The molecule has 1 N–H and O–H groups in total. The quantitative estimate of drug-likeness (QED) is 0.687. The highest BCUT2D eigenvalue weighted by molar-refractivity contribution is 7.80. The van der Waals surface area contributed by atoms with Crippen LogP contribution in [0, 0.1) is 6.92 Å². The number of nitrogens with one attached hydrogen (secondary N) is 1. The van der Waals surface area contributed by atoms with Crippen LogP contribution < -0.4 is 5.32 Å². The second kappa shape index (κ2) is 5.63. The number of hydrogen-bond donors (Lipinski definition) is 1. The standard InChI is InChI=1S/C14H16N2O2S2/c1-9-4-5-11(20-9)7-12-13(17)16(14(19)15-12)8-10-3-2-6-18-10/h4-5,7,10H,2-3,6,8H2,1H3,(H,15,19)/b12-7-/t10-/m1/s1. The van der Waals surface area contributed by atoms with Crippen molar-refractivity contribution in [1.82, 2.24) is 10.2 Å². The van der Waals surface area contributed by atoms with Gasteiger partial charge in [-0.2, -0.15) is 0 Å². The van der Waals surface area contributed by atoms with Gasteiger partial charge in [0.2, 0.25) is 0 Å². The minimum absolute atomic E-state index is 0.0587. The van der Waals surface area contributed by atoms with E-state index in [1.807, 2.05) is 25.1 Å². The number of hydrogen-bond acceptors (Lipinski definition) is 4. The summed E-state index contributed by atoms with van der Waals surface area (Å²) in [6.07, 6.45) is 4.03. The molecule has 0 unspecified atom stereocenters. The topological polar surface area (TPSA) is 41.6 Å². The fraction of sp³-hybridized carbons (Fsp3) is 0.429. The second-order valence-corrected chi connectivity index (χ2v) is 6.69. The van der Waals surface area contributed by atoms with Gasteiger partial charge >= 0.3 is 0 Å². The molecule has 0 radical (unpaired) electrons. The summed E-state index contributed by atoms with van der Waals surface area (Å²) in [5, 5.41) is 3.48. The van der Waals surface area contributed by atoms with Crippen molar-refractivity contribution < 1.29 is 9.53 Å². The van der Waals surface area contributed by atoms with Crippen molar-refractivity contribution in [2.45, 2.75) is 25.9 Å². The SMILES string of the molecule is Cc1ccc(/C=C2\NC(=S)N(C[C@H]3CCCO3)C2=O)s1. The molecule has 4 nitrogen and oxygen atoms in total. The summed E-state index contributed by atoms with van der Waals surface area (Å²) >= 11 is 6.91. The molecule has 2 saturated heterocycles. The maximum atomic E-state index is 12.4. The van der Waals surface area contributed by atoms with Gasteiger partial charge in [0.25, 0.3) is 5.91 Å². The minimum Gasteiger partial charge on any atom is -0.376 e. The smallest absolute Gasteiger partial charge is 0.276 e. The lowest BCUT2D eigenvalue weighted by Gasteiger charge is -2.18. The number of aryl methyl sites for hydroxylation is 1. The average molecular weight is 308 g/mol. The summed E-state index contributed by atoms with van der Waals surface area (Å²) in [5.41, 5.74) is 0.551. The summed E-state index contributed by atoms with van der Waals surface area (Å²) in [5.74, 6) is -0.0587. The highest BCUT2D eigenvalue weighted by atomic mass is 32.1. The fourth-order valence-corrected chi connectivity index (χ4v) is 3.49. The fourth-order valence-electron chi connectivity index (χ4n) is 2.40. The summed E-state index contributed by atoms with van der Waals surface area (Å²) in [7, 11) is 0. The van der Waals surface area contributed by atoms with E-state index in [1.165, 1.54) is 4.88 Å². The van der Waals surface area contributed by atoms with Crippen LogP contribution in [0.5, 0.6) is 0 Å². The zero-order valence-electron chi connectivity index (χ0n) is 11.2. The lowest BCUT2D eigenvalue weighted by molar-refractivity contribution is -0.123. The molecule has 106 valence electrons. The van der Waals surface area contributed by atoms with Crippen molar-refractivity contribution in [3.63, 3.8) is 0 Å². The first kappa shape index (κ1) is 13.7. The highest BCUT2D eigenvalue weighted by Crippen LogP contribution is 2.22. The molecule has 1 atom stereocenters. The molecule has 1 amide bonds. The van der Waals surface area contributed by atoms with Gasteiger partial charge < -0.3 is 10.1 Å². The molecule has 1 aromatic heterocycles. The van der Waals surface area contributed by atoms with Crippen LogP contribution in [0.1, 0.15) is 22.6 Å². The molecular formula is C14H16N2O2S2.